The summed E-state index contributed by atoms with van der Waals surface area (Å²) in [7, 11) is 1.63. The number of carbonyl (C=O) groups excluding carboxylic acids is 1. The molecule has 2 heterocycles. The van der Waals surface area contributed by atoms with Crippen molar-refractivity contribution in [1.29, 1.82) is 0 Å². The quantitative estimate of drug-likeness (QED) is 0.647. The van der Waals surface area contributed by atoms with Crippen LogP contribution in [0.4, 0.5) is 0 Å². The Morgan fingerprint density at radius 1 is 1.31 bits per heavy atom. The Kier molecular flexibility index (Phi) is 6.01. The molecule has 0 radical (unpaired) electrons. The summed E-state index contributed by atoms with van der Waals surface area (Å²) in [6.45, 7) is 2.04. The first-order valence-electron chi connectivity index (χ1n) is 8.49. The van der Waals surface area contributed by atoms with Crippen LogP contribution in [-0.2, 0) is 11.2 Å². The SMILES string of the molecule is CC[C@H](NC(=O)CCc1nc(-c2cccs2)no1)c1ccc(OC)cc1. The molecule has 6 nitrogen and oxygen atoms in total. The van der Waals surface area contributed by atoms with E-state index >= 15 is 0 Å². The number of thiophene rings is 1. The van der Waals surface area contributed by atoms with Crippen LogP contribution >= 0.6 is 11.3 Å². The number of hydrogen-bond donors (Lipinski definition) is 1. The van der Waals surface area contributed by atoms with Crippen LogP contribution in [0, 0.1) is 0 Å². The van der Waals surface area contributed by atoms with Crippen LogP contribution in [0.1, 0.15) is 37.3 Å². The number of aromatic nitrogens is 2. The fraction of sp³-hybridized carbons (Fsp3) is 0.316. The van der Waals surface area contributed by atoms with Gasteiger partial charge in [0.2, 0.25) is 17.6 Å². The second-order valence-corrected chi connectivity index (χ2v) is 6.74. The second kappa shape index (κ2) is 8.62. The van der Waals surface area contributed by atoms with Gasteiger partial charge >= 0.3 is 0 Å². The maximum atomic E-state index is 12.3. The Balaban J connectivity index is 1.54. The molecule has 0 aliphatic heterocycles. The molecule has 3 aromatic rings. The van der Waals surface area contributed by atoms with Crippen molar-refractivity contribution in [2.75, 3.05) is 7.11 Å². The van der Waals surface area contributed by atoms with Crippen LogP contribution in [-0.4, -0.2) is 23.2 Å². The highest BCUT2D eigenvalue weighted by molar-refractivity contribution is 7.13. The Hall–Kier alpha value is -2.67. The summed E-state index contributed by atoms with van der Waals surface area (Å²) in [5, 5.41) is 8.98. The molecule has 0 bridgehead atoms. The molecule has 3 rings (SSSR count). The van der Waals surface area contributed by atoms with Crippen LogP contribution in [0.5, 0.6) is 5.75 Å². The van der Waals surface area contributed by atoms with E-state index in [-0.39, 0.29) is 11.9 Å². The number of carbonyl (C=O) groups is 1. The first kappa shape index (κ1) is 18.1. The lowest BCUT2D eigenvalue weighted by molar-refractivity contribution is -0.121. The highest BCUT2D eigenvalue weighted by Gasteiger charge is 2.15. The molecule has 0 saturated heterocycles. The van der Waals surface area contributed by atoms with Gasteiger partial charge in [-0.15, -0.1) is 11.3 Å². The van der Waals surface area contributed by atoms with Crippen LogP contribution in [0.25, 0.3) is 10.7 Å². The Labute approximate surface area is 156 Å². The van der Waals surface area contributed by atoms with Crippen molar-refractivity contribution in [1.82, 2.24) is 15.5 Å². The van der Waals surface area contributed by atoms with Crippen molar-refractivity contribution >= 4 is 17.2 Å². The predicted molar refractivity (Wildman–Crippen MR) is 100 cm³/mol. The van der Waals surface area contributed by atoms with E-state index in [1.165, 1.54) is 0 Å². The van der Waals surface area contributed by atoms with E-state index in [1.54, 1.807) is 18.4 Å². The number of aryl methyl sites for hydroxylation is 1. The number of ether oxygens (including phenoxy) is 1. The number of amides is 1. The van der Waals surface area contributed by atoms with E-state index in [9.17, 15) is 4.79 Å². The third kappa shape index (κ3) is 4.49. The monoisotopic (exact) mass is 371 g/mol. The van der Waals surface area contributed by atoms with Gasteiger partial charge in [0.15, 0.2) is 0 Å². The van der Waals surface area contributed by atoms with Crippen LogP contribution in [0.3, 0.4) is 0 Å². The molecule has 0 fully saturated rings. The minimum absolute atomic E-state index is 0.0298. The van der Waals surface area contributed by atoms with E-state index in [0.29, 0.717) is 24.6 Å². The summed E-state index contributed by atoms with van der Waals surface area (Å²) >= 11 is 1.55. The van der Waals surface area contributed by atoms with Gasteiger partial charge in [0.05, 0.1) is 18.0 Å². The molecule has 1 N–H and O–H groups in total. The van der Waals surface area contributed by atoms with Gasteiger partial charge in [0.1, 0.15) is 5.75 Å². The minimum atomic E-state index is -0.0384. The molecule has 1 amide bonds. The summed E-state index contributed by atoms with van der Waals surface area (Å²) in [6, 6.07) is 11.6. The maximum Gasteiger partial charge on any atom is 0.227 e. The third-order valence-corrected chi connectivity index (χ3v) is 4.90. The summed E-state index contributed by atoms with van der Waals surface area (Å²) in [5.74, 6) is 1.80. The molecule has 0 spiro atoms. The standard InChI is InChI=1S/C19H21N3O3S/c1-3-15(13-6-8-14(24-2)9-7-13)20-17(23)10-11-18-21-19(22-25-18)16-5-4-12-26-16/h4-9,12,15H,3,10-11H2,1-2H3,(H,20,23)/t15-/m0/s1. The fourth-order valence-electron chi connectivity index (χ4n) is 2.61. The Bertz CT molecular complexity index is 828. The lowest BCUT2D eigenvalue weighted by Crippen LogP contribution is -2.28. The van der Waals surface area contributed by atoms with Gasteiger partial charge in [0, 0.05) is 12.8 Å². The molecule has 1 aromatic carbocycles. The number of benzene rings is 1. The fourth-order valence-corrected chi connectivity index (χ4v) is 3.26. The number of nitrogens with zero attached hydrogens (tertiary/aromatic N) is 2. The van der Waals surface area contributed by atoms with Crippen molar-refractivity contribution in [2.24, 2.45) is 0 Å². The lowest BCUT2D eigenvalue weighted by atomic mass is 10.0. The lowest BCUT2D eigenvalue weighted by Gasteiger charge is -2.17. The summed E-state index contributed by atoms with van der Waals surface area (Å²) in [4.78, 5) is 17.6. The highest BCUT2D eigenvalue weighted by atomic mass is 32.1. The minimum Gasteiger partial charge on any atom is -0.497 e. The summed E-state index contributed by atoms with van der Waals surface area (Å²) in [5.41, 5.74) is 1.06. The molecule has 0 saturated carbocycles. The van der Waals surface area contributed by atoms with Crippen molar-refractivity contribution in [3.63, 3.8) is 0 Å². The molecule has 0 unspecified atom stereocenters. The van der Waals surface area contributed by atoms with Crippen molar-refractivity contribution in [3.8, 4) is 16.5 Å². The predicted octanol–water partition coefficient (Wildman–Crippen LogP) is 4.01. The number of rotatable bonds is 8. The van der Waals surface area contributed by atoms with Gasteiger partial charge in [-0.25, -0.2) is 0 Å². The Morgan fingerprint density at radius 3 is 2.77 bits per heavy atom. The van der Waals surface area contributed by atoms with E-state index in [1.807, 2.05) is 48.7 Å². The third-order valence-electron chi connectivity index (χ3n) is 4.04. The molecule has 1 atom stereocenters. The Morgan fingerprint density at radius 2 is 2.12 bits per heavy atom. The molecular formula is C19H21N3O3S. The molecule has 7 heteroatoms. The van der Waals surface area contributed by atoms with Crippen LogP contribution in [0.15, 0.2) is 46.3 Å². The van der Waals surface area contributed by atoms with E-state index in [2.05, 4.69) is 15.5 Å². The maximum absolute atomic E-state index is 12.3. The second-order valence-electron chi connectivity index (χ2n) is 5.79. The molecular weight excluding hydrogens is 350 g/mol. The zero-order valence-corrected chi connectivity index (χ0v) is 15.6. The smallest absolute Gasteiger partial charge is 0.227 e. The van der Waals surface area contributed by atoms with E-state index in [0.717, 1.165) is 22.6 Å². The van der Waals surface area contributed by atoms with Crippen LogP contribution < -0.4 is 10.1 Å². The van der Waals surface area contributed by atoms with Crippen molar-refractivity contribution < 1.29 is 14.1 Å². The largest absolute Gasteiger partial charge is 0.497 e. The van der Waals surface area contributed by atoms with Gasteiger partial charge in [-0.1, -0.05) is 30.3 Å². The topological polar surface area (TPSA) is 77.3 Å². The van der Waals surface area contributed by atoms with Crippen molar-refractivity contribution in [2.45, 2.75) is 32.2 Å². The average molecular weight is 371 g/mol. The van der Waals surface area contributed by atoms with Crippen molar-refractivity contribution in [3.05, 3.63) is 53.2 Å². The molecule has 26 heavy (non-hydrogen) atoms. The summed E-state index contributed by atoms with van der Waals surface area (Å²) in [6.07, 6.45) is 1.53. The number of hydrogen-bond acceptors (Lipinski definition) is 6. The molecule has 2 aromatic heterocycles. The molecule has 0 aliphatic rings. The summed E-state index contributed by atoms with van der Waals surface area (Å²) < 4.78 is 10.4. The van der Waals surface area contributed by atoms with Gasteiger partial charge in [0.25, 0.3) is 0 Å². The first-order valence-corrected chi connectivity index (χ1v) is 9.37. The van der Waals surface area contributed by atoms with E-state index in [4.69, 9.17) is 9.26 Å². The number of nitrogens with one attached hydrogen (secondary N) is 1. The zero-order chi connectivity index (χ0) is 18.4. The first-order chi connectivity index (χ1) is 12.7. The zero-order valence-electron chi connectivity index (χ0n) is 14.8. The van der Waals surface area contributed by atoms with E-state index < -0.39 is 0 Å². The number of methoxy groups -OCH3 is 1. The molecule has 136 valence electrons. The van der Waals surface area contributed by atoms with Gasteiger partial charge in [-0.3, -0.25) is 4.79 Å². The van der Waals surface area contributed by atoms with Gasteiger partial charge < -0.3 is 14.6 Å². The highest BCUT2D eigenvalue weighted by Crippen LogP contribution is 2.22. The van der Waals surface area contributed by atoms with Crippen LogP contribution in [0.2, 0.25) is 0 Å². The van der Waals surface area contributed by atoms with Gasteiger partial charge in [-0.2, -0.15) is 4.98 Å². The molecule has 0 aliphatic carbocycles. The average Bonchev–Trinajstić information content (AvgIpc) is 3.36. The van der Waals surface area contributed by atoms with Gasteiger partial charge in [-0.05, 0) is 35.6 Å². The normalized spacial score (nSPS) is 11.9.